The summed E-state index contributed by atoms with van der Waals surface area (Å²) in [4.78, 5) is 46.1. The fourth-order valence-corrected chi connectivity index (χ4v) is 10.6. The fourth-order valence-electron chi connectivity index (χ4n) is 10.6. The number of morpholine rings is 2. The van der Waals surface area contributed by atoms with E-state index in [4.69, 9.17) is 9.47 Å². The molecule has 7 fully saturated rings. The van der Waals surface area contributed by atoms with Crippen LogP contribution in [0.2, 0.25) is 0 Å². The van der Waals surface area contributed by atoms with Gasteiger partial charge in [-0.1, -0.05) is 0 Å². The summed E-state index contributed by atoms with van der Waals surface area (Å²) in [5, 5.41) is 21.9. The number of alkyl halides is 1. The number of ketones is 1. The Bertz CT molecular complexity index is 1300. The van der Waals surface area contributed by atoms with Gasteiger partial charge in [0.1, 0.15) is 6.17 Å². The van der Waals surface area contributed by atoms with Crippen molar-refractivity contribution >= 4 is 11.7 Å². The number of carbonyl (C=O) groups is 2. The molecule has 3 aliphatic carbocycles. The largest absolute Gasteiger partial charge is 0.371 e. The maximum absolute atomic E-state index is 16.3. The average molecular weight is 688 g/mol. The van der Waals surface area contributed by atoms with Gasteiger partial charge in [-0.05, 0) is 84.5 Å². The van der Waals surface area contributed by atoms with Gasteiger partial charge in [0.15, 0.2) is 5.78 Å². The first kappa shape index (κ1) is 33.9. The normalized spacial score (nSPS) is 43.6. The number of nitro groups is 1. The standard InChI is InChI=1S/C35H54FN7O6/c1-40-11-4-5-20(40)8-9-38-35(45)23-19-42-27-18-29-26(39-25-7-6-21(43(46)47)15-28(25)48-29)17-30(27)49-34-31(37-10-14-41-12-2-3-13-41)24(36)16-22(32(34)42)33(23)44/h19-22,24-32,34,37,39H,2-18H2,1H3,(H,38,45). The van der Waals surface area contributed by atoms with E-state index in [-0.39, 0.29) is 71.1 Å². The maximum atomic E-state index is 16.3. The third-order valence-corrected chi connectivity index (χ3v) is 13.3. The molecule has 14 heteroatoms. The Morgan fingerprint density at radius 3 is 2.61 bits per heavy atom. The number of rotatable bonds is 9. The molecule has 0 aromatic rings. The minimum Gasteiger partial charge on any atom is -0.371 e. The first-order chi connectivity index (χ1) is 23.7. The molecular weight excluding hydrogens is 633 g/mol. The van der Waals surface area contributed by atoms with Gasteiger partial charge >= 0.3 is 0 Å². The van der Waals surface area contributed by atoms with Gasteiger partial charge < -0.3 is 40.1 Å². The molecule has 8 aliphatic rings. The minimum atomic E-state index is -1.28. The molecule has 4 saturated heterocycles. The van der Waals surface area contributed by atoms with Crippen LogP contribution in [-0.2, 0) is 19.1 Å². The number of Topliss-reactive ketones (excluding diaryl/α,β-unsaturated/α-hetero) is 1. The zero-order chi connectivity index (χ0) is 33.8. The molecule has 0 bridgehead atoms. The summed E-state index contributed by atoms with van der Waals surface area (Å²) in [5.41, 5.74) is 0.110. The van der Waals surface area contributed by atoms with Gasteiger partial charge in [0, 0.05) is 67.6 Å². The summed E-state index contributed by atoms with van der Waals surface area (Å²) >= 11 is 0. The van der Waals surface area contributed by atoms with Crippen molar-refractivity contribution in [2.75, 3.05) is 46.3 Å². The first-order valence-electron chi connectivity index (χ1n) is 19.1. The average Bonchev–Trinajstić information content (AvgIpc) is 3.76. The quantitative estimate of drug-likeness (QED) is 0.182. The molecular formula is C35H54FN7O6. The van der Waals surface area contributed by atoms with Gasteiger partial charge in [-0.2, -0.15) is 0 Å². The van der Waals surface area contributed by atoms with Crippen LogP contribution in [-0.4, -0.2) is 151 Å². The number of fused-ring (bicyclic) bond motifs is 4. The lowest BCUT2D eigenvalue weighted by Crippen LogP contribution is -2.75. The number of hydrogen-bond donors (Lipinski definition) is 3. The van der Waals surface area contributed by atoms with Crippen LogP contribution in [0.25, 0.3) is 0 Å². The summed E-state index contributed by atoms with van der Waals surface area (Å²) in [6.07, 6.45) is 7.69. The van der Waals surface area contributed by atoms with Gasteiger partial charge in [-0.25, -0.2) is 4.39 Å². The van der Waals surface area contributed by atoms with Crippen molar-refractivity contribution in [1.29, 1.82) is 0 Å². The van der Waals surface area contributed by atoms with Crippen LogP contribution in [0, 0.1) is 16.0 Å². The van der Waals surface area contributed by atoms with Gasteiger partial charge in [-0.3, -0.25) is 19.7 Å². The molecule has 8 rings (SSSR count). The monoisotopic (exact) mass is 687 g/mol. The van der Waals surface area contributed by atoms with E-state index >= 15 is 4.39 Å². The topological polar surface area (TPSA) is 142 Å². The molecule has 3 N–H and O–H groups in total. The SMILES string of the molecule is CN1CCCC1CCNC(=O)C1=CN2C3CC4OC5CC([N+](=O)[O-])CCC5NC4CC3OC3C(NCCN4CCCC4)C(F)CC(C1=O)C32. The van der Waals surface area contributed by atoms with Crippen molar-refractivity contribution in [3.8, 4) is 0 Å². The van der Waals surface area contributed by atoms with E-state index in [1.807, 2.05) is 0 Å². The van der Waals surface area contributed by atoms with Crippen molar-refractivity contribution in [3.63, 3.8) is 0 Å². The minimum absolute atomic E-state index is 0.0141. The summed E-state index contributed by atoms with van der Waals surface area (Å²) in [7, 11) is 2.11. The van der Waals surface area contributed by atoms with E-state index in [1.54, 1.807) is 6.20 Å². The highest BCUT2D eigenvalue weighted by atomic mass is 19.1. The molecule has 5 aliphatic heterocycles. The number of nitrogens with zero attached hydrogens (tertiary/aromatic N) is 4. The van der Waals surface area contributed by atoms with E-state index in [0.717, 1.165) is 45.4 Å². The second-order valence-electron chi connectivity index (χ2n) is 16.1. The predicted molar refractivity (Wildman–Crippen MR) is 178 cm³/mol. The summed E-state index contributed by atoms with van der Waals surface area (Å²) < 4.78 is 29.8. The van der Waals surface area contributed by atoms with Crippen LogP contribution in [0.5, 0.6) is 0 Å². The lowest BCUT2D eigenvalue weighted by molar-refractivity contribution is -0.529. The molecule has 0 spiro atoms. The number of carbonyl (C=O) groups excluding carboxylic acids is 2. The highest BCUT2D eigenvalue weighted by Gasteiger charge is 2.60. The second-order valence-corrected chi connectivity index (χ2v) is 16.1. The predicted octanol–water partition coefficient (Wildman–Crippen LogP) is 0.989. The zero-order valence-corrected chi connectivity index (χ0v) is 28.7. The van der Waals surface area contributed by atoms with Crippen LogP contribution in [0.4, 0.5) is 4.39 Å². The molecule has 49 heavy (non-hydrogen) atoms. The third-order valence-electron chi connectivity index (χ3n) is 13.3. The lowest BCUT2D eigenvalue weighted by Gasteiger charge is -2.61. The number of likely N-dealkylation sites (tertiary alicyclic amines) is 2. The summed E-state index contributed by atoms with van der Waals surface area (Å²) in [5.74, 6) is -1.36. The first-order valence-corrected chi connectivity index (χ1v) is 19.1. The van der Waals surface area contributed by atoms with Crippen molar-refractivity contribution in [1.82, 2.24) is 30.7 Å². The number of amides is 1. The Balaban J connectivity index is 1.03. The molecule has 13 unspecified atom stereocenters. The fraction of sp³-hybridized carbons (Fsp3) is 0.886. The van der Waals surface area contributed by atoms with Crippen LogP contribution in [0.15, 0.2) is 11.8 Å². The summed E-state index contributed by atoms with van der Waals surface area (Å²) in [6, 6.07) is -1.20. The third kappa shape index (κ3) is 6.54. The lowest BCUT2D eigenvalue weighted by atomic mass is 9.69. The van der Waals surface area contributed by atoms with Crippen molar-refractivity contribution in [2.45, 2.75) is 144 Å². The number of halogens is 1. The Hall–Kier alpha value is -2.23. The van der Waals surface area contributed by atoms with E-state index in [9.17, 15) is 19.7 Å². The Labute approximate surface area is 288 Å². The van der Waals surface area contributed by atoms with Crippen molar-refractivity contribution < 1.29 is 28.4 Å². The van der Waals surface area contributed by atoms with E-state index in [1.165, 1.54) is 12.8 Å². The molecule has 0 aromatic carbocycles. The molecule has 3 saturated carbocycles. The number of nitrogens with one attached hydrogen (secondary N) is 3. The van der Waals surface area contributed by atoms with E-state index in [0.29, 0.717) is 51.2 Å². The maximum Gasteiger partial charge on any atom is 0.256 e. The Morgan fingerprint density at radius 2 is 1.84 bits per heavy atom. The number of hydrogen-bond acceptors (Lipinski definition) is 11. The molecule has 13 atom stereocenters. The van der Waals surface area contributed by atoms with Crippen LogP contribution in [0.3, 0.4) is 0 Å². The molecule has 272 valence electrons. The summed E-state index contributed by atoms with van der Waals surface area (Å²) in [6.45, 7) is 5.19. The van der Waals surface area contributed by atoms with Crippen molar-refractivity contribution in [3.05, 3.63) is 21.9 Å². The van der Waals surface area contributed by atoms with Gasteiger partial charge in [0.25, 0.3) is 5.91 Å². The molecule has 13 nitrogen and oxygen atoms in total. The van der Waals surface area contributed by atoms with Crippen LogP contribution >= 0.6 is 0 Å². The highest BCUT2D eigenvalue weighted by molar-refractivity contribution is 6.20. The second kappa shape index (κ2) is 14.1. The molecule has 5 heterocycles. The Kier molecular flexibility index (Phi) is 9.73. The molecule has 0 radical (unpaired) electrons. The van der Waals surface area contributed by atoms with Crippen LogP contribution < -0.4 is 16.0 Å². The molecule has 1 amide bonds. The Morgan fingerprint density at radius 1 is 1.02 bits per heavy atom. The van der Waals surface area contributed by atoms with Gasteiger partial charge in [-0.15, -0.1) is 0 Å². The zero-order valence-electron chi connectivity index (χ0n) is 28.7. The highest BCUT2D eigenvalue weighted by Crippen LogP contribution is 2.47. The van der Waals surface area contributed by atoms with E-state index in [2.05, 4.69) is 37.7 Å². The van der Waals surface area contributed by atoms with E-state index < -0.39 is 30.3 Å². The van der Waals surface area contributed by atoms with Crippen molar-refractivity contribution in [2.24, 2.45) is 5.92 Å². The molecule has 0 aromatic heterocycles. The van der Waals surface area contributed by atoms with Crippen LogP contribution in [0.1, 0.15) is 70.6 Å². The van der Waals surface area contributed by atoms with Gasteiger partial charge in [0.2, 0.25) is 6.04 Å². The number of ether oxygens (including phenoxy) is 2. The smallest absolute Gasteiger partial charge is 0.256 e. The van der Waals surface area contributed by atoms with Gasteiger partial charge in [0.05, 0.1) is 48.1 Å².